The Morgan fingerprint density at radius 2 is 1.61 bits per heavy atom. The standard InChI is InChI=1S/C20H24N2O4S2/c1-17-10-11-19(16-20(17)28(25,26)22-13-6-3-7-14-22)21-27(23,24)15-12-18-8-4-2-5-9-18/h2,4-5,8-12,15-16,21H,3,6-7,13-14H2,1H3. The van der Waals surface area contributed by atoms with E-state index in [0.717, 1.165) is 30.2 Å². The maximum absolute atomic E-state index is 13.0. The Labute approximate surface area is 167 Å². The van der Waals surface area contributed by atoms with Gasteiger partial charge in [-0.25, -0.2) is 16.8 Å². The van der Waals surface area contributed by atoms with Crippen molar-refractivity contribution in [3.8, 4) is 0 Å². The third kappa shape index (κ3) is 5.01. The molecule has 0 amide bonds. The lowest BCUT2D eigenvalue weighted by Gasteiger charge is -2.26. The highest BCUT2D eigenvalue weighted by molar-refractivity contribution is 7.95. The van der Waals surface area contributed by atoms with Crippen LogP contribution in [-0.2, 0) is 20.0 Å². The normalized spacial score (nSPS) is 16.3. The van der Waals surface area contributed by atoms with Gasteiger partial charge in [-0.3, -0.25) is 4.72 Å². The van der Waals surface area contributed by atoms with E-state index in [1.165, 1.54) is 16.4 Å². The Hall–Kier alpha value is -2.16. The summed E-state index contributed by atoms with van der Waals surface area (Å²) in [5.41, 5.74) is 1.57. The summed E-state index contributed by atoms with van der Waals surface area (Å²) in [4.78, 5) is 0.140. The van der Waals surface area contributed by atoms with Gasteiger partial charge in [0.2, 0.25) is 10.0 Å². The van der Waals surface area contributed by atoms with E-state index in [1.807, 2.05) is 18.2 Å². The Morgan fingerprint density at radius 1 is 0.929 bits per heavy atom. The molecule has 0 spiro atoms. The van der Waals surface area contributed by atoms with Crippen LogP contribution >= 0.6 is 0 Å². The van der Waals surface area contributed by atoms with Crippen molar-refractivity contribution in [2.45, 2.75) is 31.1 Å². The number of anilines is 1. The smallest absolute Gasteiger partial charge is 0.255 e. The number of rotatable bonds is 6. The van der Waals surface area contributed by atoms with Crippen LogP contribution in [0.5, 0.6) is 0 Å². The fraction of sp³-hybridized carbons (Fsp3) is 0.300. The van der Waals surface area contributed by atoms with Crippen LogP contribution in [0.2, 0.25) is 0 Å². The molecule has 2 aromatic carbocycles. The van der Waals surface area contributed by atoms with Crippen molar-refractivity contribution in [3.63, 3.8) is 0 Å². The summed E-state index contributed by atoms with van der Waals surface area (Å²) in [6.07, 6.45) is 4.20. The van der Waals surface area contributed by atoms with Crippen molar-refractivity contribution in [1.29, 1.82) is 0 Å². The first kappa shape index (κ1) is 20.6. The molecule has 0 aliphatic carbocycles. The molecule has 1 N–H and O–H groups in total. The molecule has 8 heteroatoms. The number of hydrogen-bond donors (Lipinski definition) is 1. The van der Waals surface area contributed by atoms with Gasteiger partial charge in [0, 0.05) is 13.1 Å². The first-order valence-electron chi connectivity index (χ1n) is 9.15. The van der Waals surface area contributed by atoms with Crippen LogP contribution in [0.1, 0.15) is 30.4 Å². The van der Waals surface area contributed by atoms with Gasteiger partial charge in [-0.2, -0.15) is 4.31 Å². The maximum Gasteiger partial charge on any atom is 0.255 e. The molecule has 0 bridgehead atoms. The minimum Gasteiger partial charge on any atom is -0.280 e. The second kappa shape index (κ2) is 8.46. The fourth-order valence-electron chi connectivity index (χ4n) is 3.12. The summed E-state index contributed by atoms with van der Waals surface area (Å²) >= 11 is 0. The SMILES string of the molecule is Cc1ccc(NS(=O)(=O)C=Cc2ccccc2)cc1S(=O)(=O)N1CCCCC1. The topological polar surface area (TPSA) is 83.5 Å². The Balaban J connectivity index is 1.84. The number of piperidine rings is 1. The van der Waals surface area contributed by atoms with Crippen LogP contribution in [0.4, 0.5) is 5.69 Å². The molecule has 28 heavy (non-hydrogen) atoms. The van der Waals surface area contributed by atoms with Gasteiger partial charge in [0.1, 0.15) is 0 Å². The number of nitrogens with zero attached hydrogens (tertiary/aromatic N) is 1. The average Bonchev–Trinajstić information content (AvgIpc) is 2.69. The lowest BCUT2D eigenvalue weighted by atomic mass is 10.2. The third-order valence-corrected chi connectivity index (χ3v) is 7.68. The second-order valence-electron chi connectivity index (χ2n) is 6.81. The van der Waals surface area contributed by atoms with Crippen LogP contribution in [0.25, 0.3) is 6.08 Å². The van der Waals surface area contributed by atoms with Gasteiger partial charge in [0.15, 0.2) is 0 Å². The highest BCUT2D eigenvalue weighted by Gasteiger charge is 2.27. The predicted octanol–water partition coefficient (Wildman–Crippen LogP) is 3.58. The van der Waals surface area contributed by atoms with E-state index in [1.54, 1.807) is 31.2 Å². The molecule has 2 aromatic rings. The molecule has 1 aliphatic heterocycles. The summed E-state index contributed by atoms with van der Waals surface area (Å²) in [6, 6.07) is 13.7. The van der Waals surface area contributed by atoms with E-state index in [4.69, 9.17) is 0 Å². The van der Waals surface area contributed by atoms with E-state index in [2.05, 4.69) is 4.72 Å². The largest absolute Gasteiger partial charge is 0.280 e. The second-order valence-corrected chi connectivity index (χ2v) is 10.3. The summed E-state index contributed by atoms with van der Waals surface area (Å²) in [7, 11) is -7.42. The van der Waals surface area contributed by atoms with Crippen molar-refractivity contribution < 1.29 is 16.8 Å². The highest BCUT2D eigenvalue weighted by atomic mass is 32.2. The third-order valence-electron chi connectivity index (χ3n) is 4.62. The van der Waals surface area contributed by atoms with Gasteiger partial charge in [0.05, 0.1) is 16.0 Å². The number of nitrogens with one attached hydrogen (secondary N) is 1. The van der Waals surface area contributed by atoms with Crippen LogP contribution in [0.15, 0.2) is 58.8 Å². The summed E-state index contributed by atoms with van der Waals surface area (Å²) in [6.45, 7) is 2.71. The number of sulfonamides is 2. The summed E-state index contributed by atoms with van der Waals surface area (Å²) < 4.78 is 54.6. The van der Waals surface area contributed by atoms with E-state index < -0.39 is 20.0 Å². The number of aryl methyl sites for hydroxylation is 1. The monoisotopic (exact) mass is 420 g/mol. The van der Waals surface area contributed by atoms with Crippen LogP contribution in [0.3, 0.4) is 0 Å². The Bertz CT molecular complexity index is 1060. The molecular weight excluding hydrogens is 396 g/mol. The van der Waals surface area contributed by atoms with Gasteiger partial charge in [-0.05, 0) is 49.1 Å². The maximum atomic E-state index is 13.0. The molecule has 1 heterocycles. The fourth-order valence-corrected chi connectivity index (χ4v) is 5.74. The highest BCUT2D eigenvalue weighted by Crippen LogP contribution is 2.26. The minimum atomic E-state index is -3.77. The van der Waals surface area contributed by atoms with E-state index >= 15 is 0 Å². The summed E-state index contributed by atoms with van der Waals surface area (Å²) in [5, 5.41) is 1.07. The zero-order valence-electron chi connectivity index (χ0n) is 15.7. The number of benzene rings is 2. The Morgan fingerprint density at radius 3 is 2.29 bits per heavy atom. The van der Waals surface area contributed by atoms with Crippen molar-refractivity contribution in [2.75, 3.05) is 17.8 Å². The quantitative estimate of drug-likeness (QED) is 0.774. The molecule has 0 radical (unpaired) electrons. The van der Waals surface area contributed by atoms with Crippen LogP contribution < -0.4 is 4.72 Å². The average molecular weight is 421 g/mol. The molecule has 0 atom stereocenters. The molecule has 0 aromatic heterocycles. The van der Waals surface area contributed by atoms with E-state index in [0.29, 0.717) is 18.7 Å². The Kier molecular flexibility index (Phi) is 6.22. The van der Waals surface area contributed by atoms with Gasteiger partial charge < -0.3 is 0 Å². The lowest BCUT2D eigenvalue weighted by Crippen LogP contribution is -2.36. The first-order valence-corrected chi connectivity index (χ1v) is 12.1. The van der Waals surface area contributed by atoms with E-state index in [9.17, 15) is 16.8 Å². The number of hydrogen-bond acceptors (Lipinski definition) is 4. The van der Waals surface area contributed by atoms with Crippen molar-refractivity contribution in [3.05, 3.63) is 65.1 Å². The molecule has 1 fully saturated rings. The summed E-state index contributed by atoms with van der Waals surface area (Å²) in [5.74, 6) is 0. The zero-order valence-corrected chi connectivity index (χ0v) is 17.3. The van der Waals surface area contributed by atoms with Crippen molar-refractivity contribution in [2.24, 2.45) is 0 Å². The molecule has 1 saturated heterocycles. The van der Waals surface area contributed by atoms with Crippen molar-refractivity contribution >= 4 is 31.8 Å². The van der Waals surface area contributed by atoms with Gasteiger partial charge >= 0.3 is 0 Å². The molecule has 3 rings (SSSR count). The van der Waals surface area contributed by atoms with Crippen molar-refractivity contribution in [1.82, 2.24) is 4.31 Å². The van der Waals surface area contributed by atoms with Gasteiger partial charge in [-0.1, -0.05) is 42.8 Å². The predicted molar refractivity (Wildman–Crippen MR) is 112 cm³/mol. The molecule has 6 nitrogen and oxygen atoms in total. The molecular formula is C20H24N2O4S2. The lowest BCUT2D eigenvalue weighted by molar-refractivity contribution is 0.346. The van der Waals surface area contributed by atoms with Crippen LogP contribution in [0, 0.1) is 6.92 Å². The molecule has 150 valence electrons. The van der Waals surface area contributed by atoms with E-state index in [-0.39, 0.29) is 10.6 Å². The molecule has 1 aliphatic rings. The first-order chi connectivity index (χ1) is 13.3. The van der Waals surface area contributed by atoms with Gasteiger partial charge in [0.25, 0.3) is 10.0 Å². The molecule has 0 saturated carbocycles. The minimum absolute atomic E-state index is 0.140. The van der Waals surface area contributed by atoms with Crippen LogP contribution in [-0.4, -0.2) is 34.2 Å². The van der Waals surface area contributed by atoms with Gasteiger partial charge in [-0.15, -0.1) is 0 Å². The zero-order chi connectivity index (χ0) is 20.2. The molecule has 0 unspecified atom stereocenters.